The van der Waals surface area contributed by atoms with E-state index in [0.29, 0.717) is 12.0 Å². The molecule has 1 rings (SSSR count). The summed E-state index contributed by atoms with van der Waals surface area (Å²) in [6.07, 6.45) is 0.0565. The van der Waals surface area contributed by atoms with Gasteiger partial charge >= 0.3 is 6.09 Å². The van der Waals surface area contributed by atoms with Crippen LogP contribution in [0.25, 0.3) is 0 Å². The molecule has 1 atom stereocenters. The van der Waals surface area contributed by atoms with E-state index >= 15 is 0 Å². The Bertz CT molecular complexity index is 564. The molecule has 0 saturated carbocycles. The van der Waals surface area contributed by atoms with Crippen LogP contribution in [0.4, 0.5) is 4.79 Å². The molecular weight excluding hydrogens is 282 g/mol. The lowest BCUT2D eigenvalue weighted by Gasteiger charge is -2.27. The van der Waals surface area contributed by atoms with Gasteiger partial charge in [-0.2, -0.15) is 5.10 Å². The molecule has 124 valence electrons. The SMILES string of the molecule is Cn1nc(C(C)(C)C)cc1C(C)(C=O)NC(=O)OC(C)(C)C. The molecule has 6 heteroatoms. The lowest BCUT2D eigenvalue weighted by Crippen LogP contribution is -2.48. The van der Waals surface area contributed by atoms with E-state index in [9.17, 15) is 9.59 Å². The van der Waals surface area contributed by atoms with Crippen LogP contribution < -0.4 is 5.32 Å². The van der Waals surface area contributed by atoms with E-state index < -0.39 is 17.2 Å². The maximum absolute atomic E-state index is 12.0. The molecule has 1 amide bonds. The van der Waals surface area contributed by atoms with Crippen LogP contribution in [0.2, 0.25) is 0 Å². The molecule has 1 heterocycles. The van der Waals surface area contributed by atoms with E-state index in [4.69, 9.17) is 4.74 Å². The van der Waals surface area contributed by atoms with Crippen LogP contribution in [0.5, 0.6) is 0 Å². The van der Waals surface area contributed by atoms with Crippen molar-refractivity contribution in [1.82, 2.24) is 15.1 Å². The summed E-state index contributed by atoms with van der Waals surface area (Å²) in [4.78, 5) is 23.6. The van der Waals surface area contributed by atoms with Gasteiger partial charge in [-0.15, -0.1) is 0 Å². The lowest BCUT2D eigenvalue weighted by atomic mass is 9.90. The molecule has 0 saturated heterocycles. The predicted molar refractivity (Wildman–Crippen MR) is 84.7 cm³/mol. The third kappa shape index (κ3) is 4.32. The third-order valence-electron chi connectivity index (χ3n) is 3.18. The van der Waals surface area contributed by atoms with E-state index in [2.05, 4.69) is 10.4 Å². The Hall–Kier alpha value is -1.85. The summed E-state index contributed by atoms with van der Waals surface area (Å²) < 4.78 is 6.85. The molecule has 0 aliphatic heterocycles. The maximum Gasteiger partial charge on any atom is 0.408 e. The van der Waals surface area contributed by atoms with E-state index in [-0.39, 0.29) is 5.41 Å². The van der Waals surface area contributed by atoms with Gasteiger partial charge in [0.1, 0.15) is 11.1 Å². The summed E-state index contributed by atoms with van der Waals surface area (Å²) in [7, 11) is 1.75. The highest BCUT2D eigenvalue weighted by Crippen LogP contribution is 2.26. The number of carbonyl (C=O) groups is 2. The Labute approximate surface area is 132 Å². The second kappa shape index (κ2) is 5.74. The van der Waals surface area contributed by atoms with Crippen molar-refractivity contribution in [1.29, 1.82) is 0 Å². The molecule has 0 aromatic carbocycles. The first kappa shape index (κ1) is 18.2. The standard InChI is InChI=1S/C16H27N3O3/c1-14(2,3)11-9-12(19(8)18-11)16(7,10-20)17-13(21)22-15(4,5)6/h9-10H,1-8H3,(H,17,21). The van der Waals surface area contributed by atoms with Crippen molar-refractivity contribution in [2.45, 2.75) is 65.0 Å². The number of amides is 1. The van der Waals surface area contributed by atoms with Crippen LogP contribution in [0, 0.1) is 0 Å². The zero-order chi connectivity index (χ0) is 17.3. The average Bonchev–Trinajstić information content (AvgIpc) is 2.68. The minimum absolute atomic E-state index is 0.147. The molecule has 0 aliphatic carbocycles. The van der Waals surface area contributed by atoms with Crippen molar-refractivity contribution in [3.8, 4) is 0 Å². The van der Waals surface area contributed by atoms with Crippen molar-refractivity contribution >= 4 is 12.4 Å². The van der Waals surface area contributed by atoms with Crippen molar-refractivity contribution in [3.05, 3.63) is 17.5 Å². The molecule has 0 aliphatic rings. The molecule has 0 fully saturated rings. The fraction of sp³-hybridized carbons (Fsp3) is 0.688. The first-order valence-corrected chi connectivity index (χ1v) is 7.31. The van der Waals surface area contributed by atoms with E-state index in [1.165, 1.54) is 0 Å². The summed E-state index contributed by atoms with van der Waals surface area (Å²) in [6.45, 7) is 13.1. The largest absolute Gasteiger partial charge is 0.444 e. The molecule has 0 bridgehead atoms. The molecule has 1 unspecified atom stereocenters. The van der Waals surface area contributed by atoms with Gasteiger partial charge in [0.2, 0.25) is 0 Å². The fourth-order valence-corrected chi connectivity index (χ4v) is 1.99. The summed E-state index contributed by atoms with van der Waals surface area (Å²) in [5.41, 5.74) is -0.515. The number of alkyl carbamates (subject to hydrolysis) is 1. The van der Waals surface area contributed by atoms with Crippen molar-refractivity contribution in [2.75, 3.05) is 0 Å². The van der Waals surface area contributed by atoms with Crippen LogP contribution >= 0.6 is 0 Å². The number of hydrogen-bond acceptors (Lipinski definition) is 4. The lowest BCUT2D eigenvalue weighted by molar-refractivity contribution is -0.113. The number of nitrogens with one attached hydrogen (secondary N) is 1. The Morgan fingerprint density at radius 1 is 1.23 bits per heavy atom. The number of aldehydes is 1. The van der Waals surface area contributed by atoms with Gasteiger partial charge in [0, 0.05) is 12.5 Å². The second-order valence-electron chi connectivity index (χ2n) is 7.74. The molecular formula is C16H27N3O3. The average molecular weight is 309 g/mol. The second-order valence-corrected chi connectivity index (χ2v) is 7.74. The highest BCUT2D eigenvalue weighted by atomic mass is 16.6. The molecule has 6 nitrogen and oxygen atoms in total. The van der Waals surface area contributed by atoms with Crippen molar-refractivity contribution < 1.29 is 14.3 Å². The van der Waals surface area contributed by atoms with Crippen molar-refractivity contribution in [3.63, 3.8) is 0 Å². The number of hydrogen-bond donors (Lipinski definition) is 1. The van der Waals surface area contributed by atoms with Crippen molar-refractivity contribution in [2.24, 2.45) is 7.05 Å². The highest BCUT2D eigenvalue weighted by molar-refractivity contribution is 5.77. The molecule has 1 aromatic rings. The summed E-state index contributed by atoms with van der Waals surface area (Å²) in [5.74, 6) is 0. The normalized spacial score (nSPS) is 15.1. The van der Waals surface area contributed by atoms with Crippen LogP contribution in [0.3, 0.4) is 0 Å². The number of ether oxygens (including phenoxy) is 1. The number of aromatic nitrogens is 2. The number of aryl methyl sites for hydroxylation is 1. The minimum Gasteiger partial charge on any atom is -0.444 e. The number of rotatable bonds is 3. The maximum atomic E-state index is 12.0. The zero-order valence-corrected chi connectivity index (χ0v) is 14.8. The van der Waals surface area contributed by atoms with Crippen LogP contribution in [-0.4, -0.2) is 27.8 Å². The number of carbonyl (C=O) groups excluding carboxylic acids is 2. The quantitative estimate of drug-likeness (QED) is 0.871. The Morgan fingerprint density at radius 2 is 1.77 bits per heavy atom. The van der Waals surface area contributed by atoms with Gasteiger partial charge in [-0.3, -0.25) is 4.68 Å². The highest BCUT2D eigenvalue weighted by Gasteiger charge is 2.35. The van der Waals surface area contributed by atoms with Crippen LogP contribution in [0.1, 0.15) is 59.9 Å². The van der Waals surface area contributed by atoms with E-state index in [1.807, 2.05) is 26.8 Å². The first-order valence-electron chi connectivity index (χ1n) is 7.31. The first-order chi connectivity index (χ1) is 9.78. The zero-order valence-electron chi connectivity index (χ0n) is 14.8. The van der Waals surface area contributed by atoms with Gasteiger partial charge in [-0.1, -0.05) is 20.8 Å². The predicted octanol–water partition coefficient (Wildman–Crippen LogP) is 2.66. The Balaban J connectivity index is 3.11. The Morgan fingerprint density at radius 3 is 2.14 bits per heavy atom. The number of nitrogens with zero attached hydrogens (tertiary/aromatic N) is 2. The van der Waals surface area contributed by atoms with E-state index in [0.717, 1.165) is 5.69 Å². The fourth-order valence-electron chi connectivity index (χ4n) is 1.99. The minimum atomic E-state index is -1.20. The molecule has 1 aromatic heterocycles. The summed E-state index contributed by atoms with van der Waals surface area (Å²) in [6, 6.07) is 1.84. The Kier molecular flexibility index (Phi) is 4.75. The molecule has 0 spiro atoms. The molecule has 22 heavy (non-hydrogen) atoms. The van der Waals surface area contributed by atoms with E-state index in [1.54, 1.807) is 39.4 Å². The van der Waals surface area contributed by atoms with Gasteiger partial charge in [0.15, 0.2) is 6.29 Å². The van der Waals surface area contributed by atoms with Gasteiger partial charge in [0.05, 0.1) is 11.4 Å². The van der Waals surface area contributed by atoms with Gasteiger partial charge in [0.25, 0.3) is 0 Å². The monoisotopic (exact) mass is 309 g/mol. The molecule has 1 N–H and O–H groups in total. The summed E-state index contributed by atoms with van der Waals surface area (Å²) >= 11 is 0. The summed E-state index contributed by atoms with van der Waals surface area (Å²) in [5, 5.41) is 7.07. The topological polar surface area (TPSA) is 73.2 Å². The molecule has 0 radical (unpaired) electrons. The third-order valence-corrected chi connectivity index (χ3v) is 3.18. The smallest absolute Gasteiger partial charge is 0.408 e. The van der Waals surface area contributed by atoms with Crippen LogP contribution in [-0.2, 0) is 27.5 Å². The van der Waals surface area contributed by atoms with Gasteiger partial charge in [-0.25, -0.2) is 4.79 Å². The van der Waals surface area contributed by atoms with Crippen LogP contribution in [0.15, 0.2) is 6.07 Å². The van der Waals surface area contributed by atoms with Gasteiger partial charge in [-0.05, 0) is 33.8 Å². The van der Waals surface area contributed by atoms with Gasteiger partial charge < -0.3 is 14.8 Å².